The molecule has 0 aliphatic rings. The number of rotatable bonds is 7. The molecule has 2 nitrogen and oxygen atoms in total. The second-order valence-corrected chi connectivity index (χ2v) is 3.35. The highest BCUT2D eigenvalue weighted by molar-refractivity contribution is 4.70. The predicted octanol–water partition coefficient (Wildman–Crippen LogP) is 2.62. The van der Waals surface area contributed by atoms with E-state index in [1.807, 2.05) is 0 Å². The summed E-state index contributed by atoms with van der Waals surface area (Å²) in [6.07, 6.45) is 3.15. The number of hydrogen-bond donors (Lipinski definition) is 0. The fraction of sp³-hybridized carbons (Fsp3) is 1.00. The molecule has 0 rings (SSSR count). The van der Waals surface area contributed by atoms with Crippen LogP contribution in [0.25, 0.3) is 0 Å². The lowest BCUT2D eigenvalue weighted by Gasteiger charge is -2.27. The van der Waals surface area contributed by atoms with E-state index < -0.39 is 0 Å². The Labute approximate surface area is 76.3 Å². The molecule has 0 saturated heterocycles. The Balaban J connectivity index is 3.45. The highest BCUT2D eigenvalue weighted by Crippen LogP contribution is 2.19. The monoisotopic (exact) mass is 174 g/mol. The third-order valence-electron chi connectivity index (χ3n) is 2.44. The molecule has 12 heavy (non-hydrogen) atoms. The summed E-state index contributed by atoms with van der Waals surface area (Å²) < 4.78 is 10.7. The van der Waals surface area contributed by atoms with Gasteiger partial charge >= 0.3 is 0 Å². The summed E-state index contributed by atoms with van der Waals surface area (Å²) in [5.74, 6) is 0. The van der Waals surface area contributed by atoms with Crippen molar-refractivity contribution in [1.29, 1.82) is 0 Å². The van der Waals surface area contributed by atoms with Gasteiger partial charge in [0.15, 0.2) is 0 Å². The average molecular weight is 174 g/mol. The van der Waals surface area contributed by atoms with Crippen molar-refractivity contribution in [1.82, 2.24) is 0 Å². The molecule has 0 bridgehead atoms. The van der Waals surface area contributed by atoms with Gasteiger partial charge in [0, 0.05) is 20.3 Å². The van der Waals surface area contributed by atoms with Crippen LogP contribution >= 0.6 is 0 Å². The minimum absolute atomic E-state index is 0.0771. The molecule has 0 amide bonds. The Hall–Kier alpha value is -0.0800. The second kappa shape index (κ2) is 6.44. The summed E-state index contributed by atoms with van der Waals surface area (Å²) >= 11 is 0. The zero-order chi connectivity index (χ0) is 9.45. The average Bonchev–Trinajstić information content (AvgIpc) is 2.12. The fourth-order valence-corrected chi connectivity index (χ4v) is 0.976. The van der Waals surface area contributed by atoms with E-state index in [4.69, 9.17) is 9.47 Å². The summed E-state index contributed by atoms with van der Waals surface area (Å²) in [4.78, 5) is 0. The summed E-state index contributed by atoms with van der Waals surface area (Å²) in [7, 11) is 1.72. The molecule has 2 heteroatoms. The lowest BCUT2D eigenvalue weighted by atomic mass is 10.0. The largest absolute Gasteiger partial charge is 0.385 e. The molecule has 0 N–H and O–H groups in total. The first-order chi connectivity index (χ1) is 5.68. The molecule has 0 aromatic rings. The topological polar surface area (TPSA) is 18.5 Å². The molecule has 0 aromatic heterocycles. The molecule has 0 saturated carbocycles. The van der Waals surface area contributed by atoms with Crippen molar-refractivity contribution in [3.63, 3.8) is 0 Å². The molecule has 0 heterocycles. The SMILES string of the molecule is CCC(C)(CC)OCCCOC. The summed E-state index contributed by atoms with van der Waals surface area (Å²) in [5.41, 5.74) is 0.0771. The zero-order valence-electron chi connectivity index (χ0n) is 8.85. The van der Waals surface area contributed by atoms with Crippen LogP contribution in [0, 0.1) is 0 Å². The first kappa shape index (κ1) is 11.9. The molecule has 74 valence electrons. The van der Waals surface area contributed by atoms with E-state index in [0.29, 0.717) is 0 Å². The Bertz CT molecular complexity index is 98.0. The van der Waals surface area contributed by atoms with Gasteiger partial charge in [0.05, 0.1) is 5.60 Å². The second-order valence-electron chi connectivity index (χ2n) is 3.35. The van der Waals surface area contributed by atoms with Crippen molar-refractivity contribution >= 4 is 0 Å². The molecule has 0 fully saturated rings. The van der Waals surface area contributed by atoms with Crippen LogP contribution in [0.15, 0.2) is 0 Å². The number of methoxy groups -OCH3 is 1. The van der Waals surface area contributed by atoms with Crippen LogP contribution in [0.1, 0.15) is 40.0 Å². The van der Waals surface area contributed by atoms with Gasteiger partial charge in [0.25, 0.3) is 0 Å². The summed E-state index contributed by atoms with van der Waals surface area (Å²) in [6.45, 7) is 8.11. The van der Waals surface area contributed by atoms with E-state index in [0.717, 1.165) is 32.5 Å². The van der Waals surface area contributed by atoms with Crippen molar-refractivity contribution in [2.45, 2.75) is 45.6 Å². The van der Waals surface area contributed by atoms with Crippen LogP contribution in [-0.4, -0.2) is 25.9 Å². The normalized spacial score (nSPS) is 12.0. The van der Waals surface area contributed by atoms with Crippen LogP contribution in [0.2, 0.25) is 0 Å². The van der Waals surface area contributed by atoms with E-state index in [2.05, 4.69) is 20.8 Å². The molecule has 0 spiro atoms. The Morgan fingerprint density at radius 3 is 2.08 bits per heavy atom. The molecule has 0 aliphatic heterocycles. The van der Waals surface area contributed by atoms with Gasteiger partial charge in [-0.3, -0.25) is 0 Å². The van der Waals surface area contributed by atoms with Gasteiger partial charge in [-0.2, -0.15) is 0 Å². The van der Waals surface area contributed by atoms with Crippen molar-refractivity contribution < 1.29 is 9.47 Å². The smallest absolute Gasteiger partial charge is 0.0649 e. The van der Waals surface area contributed by atoms with Crippen molar-refractivity contribution in [2.75, 3.05) is 20.3 Å². The molecular weight excluding hydrogens is 152 g/mol. The quantitative estimate of drug-likeness (QED) is 0.552. The third kappa shape index (κ3) is 4.73. The summed E-state index contributed by atoms with van der Waals surface area (Å²) in [6, 6.07) is 0. The number of hydrogen-bond acceptors (Lipinski definition) is 2. The minimum atomic E-state index is 0.0771. The van der Waals surface area contributed by atoms with Gasteiger partial charge in [-0.05, 0) is 26.2 Å². The lowest BCUT2D eigenvalue weighted by molar-refractivity contribution is -0.0429. The predicted molar refractivity (Wildman–Crippen MR) is 51.4 cm³/mol. The van der Waals surface area contributed by atoms with Gasteiger partial charge in [0.1, 0.15) is 0 Å². The molecule has 0 atom stereocenters. The van der Waals surface area contributed by atoms with E-state index in [1.165, 1.54) is 0 Å². The molecule has 0 radical (unpaired) electrons. The first-order valence-corrected chi connectivity index (χ1v) is 4.81. The maximum Gasteiger partial charge on any atom is 0.0649 e. The van der Waals surface area contributed by atoms with Gasteiger partial charge in [-0.15, -0.1) is 0 Å². The molecule has 0 aliphatic carbocycles. The minimum Gasteiger partial charge on any atom is -0.385 e. The Morgan fingerprint density at radius 1 is 1.08 bits per heavy atom. The van der Waals surface area contributed by atoms with Crippen LogP contribution < -0.4 is 0 Å². The Morgan fingerprint density at radius 2 is 1.67 bits per heavy atom. The van der Waals surface area contributed by atoms with Crippen LogP contribution in [0.3, 0.4) is 0 Å². The lowest BCUT2D eigenvalue weighted by Crippen LogP contribution is -2.27. The van der Waals surface area contributed by atoms with E-state index in [1.54, 1.807) is 7.11 Å². The van der Waals surface area contributed by atoms with E-state index in [9.17, 15) is 0 Å². The van der Waals surface area contributed by atoms with Gasteiger partial charge < -0.3 is 9.47 Å². The van der Waals surface area contributed by atoms with E-state index in [-0.39, 0.29) is 5.60 Å². The summed E-state index contributed by atoms with van der Waals surface area (Å²) in [5, 5.41) is 0. The van der Waals surface area contributed by atoms with Crippen LogP contribution in [0.5, 0.6) is 0 Å². The molecule has 0 unspecified atom stereocenters. The van der Waals surface area contributed by atoms with Crippen LogP contribution in [0.4, 0.5) is 0 Å². The van der Waals surface area contributed by atoms with Gasteiger partial charge in [0.2, 0.25) is 0 Å². The molecule has 0 aromatic carbocycles. The highest BCUT2D eigenvalue weighted by atomic mass is 16.5. The maximum atomic E-state index is 5.75. The fourth-order valence-electron chi connectivity index (χ4n) is 0.976. The van der Waals surface area contributed by atoms with Crippen LogP contribution in [-0.2, 0) is 9.47 Å². The van der Waals surface area contributed by atoms with Crippen molar-refractivity contribution in [3.8, 4) is 0 Å². The standard InChI is InChI=1S/C10H22O2/c1-5-10(3,6-2)12-9-7-8-11-4/h5-9H2,1-4H3. The van der Waals surface area contributed by atoms with Crippen molar-refractivity contribution in [3.05, 3.63) is 0 Å². The molecular formula is C10H22O2. The number of ether oxygens (including phenoxy) is 2. The van der Waals surface area contributed by atoms with Gasteiger partial charge in [-0.25, -0.2) is 0 Å². The maximum absolute atomic E-state index is 5.75. The van der Waals surface area contributed by atoms with Crippen molar-refractivity contribution in [2.24, 2.45) is 0 Å². The first-order valence-electron chi connectivity index (χ1n) is 4.81. The van der Waals surface area contributed by atoms with Gasteiger partial charge in [-0.1, -0.05) is 13.8 Å². The third-order valence-corrected chi connectivity index (χ3v) is 2.44. The zero-order valence-corrected chi connectivity index (χ0v) is 8.85. The highest BCUT2D eigenvalue weighted by Gasteiger charge is 2.19. The Kier molecular flexibility index (Phi) is 6.39. The van der Waals surface area contributed by atoms with E-state index >= 15 is 0 Å².